The van der Waals surface area contributed by atoms with Gasteiger partial charge in [-0.2, -0.15) is 10.1 Å². The lowest BCUT2D eigenvalue weighted by Gasteiger charge is -2.16. The Hall–Kier alpha value is -3.22. The van der Waals surface area contributed by atoms with Crippen molar-refractivity contribution in [2.24, 2.45) is 0 Å². The first kappa shape index (κ1) is 15.1. The predicted molar refractivity (Wildman–Crippen MR) is 101 cm³/mol. The Morgan fingerprint density at radius 1 is 1.08 bits per heavy atom. The minimum absolute atomic E-state index is 0.00734. The first-order valence-corrected chi connectivity index (χ1v) is 8.86. The number of aromatic amines is 1. The van der Waals surface area contributed by atoms with Gasteiger partial charge in [-0.05, 0) is 37.1 Å². The van der Waals surface area contributed by atoms with Crippen LogP contribution in [0.4, 0.5) is 11.6 Å². The molecule has 0 atom stereocenters. The Balaban J connectivity index is 1.57. The maximum atomic E-state index is 12.5. The van der Waals surface area contributed by atoms with Gasteiger partial charge in [-0.15, -0.1) is 0 Å². The minimum atomic E-state index is 0.00734. The van der Waals surface area contributed by atoms with Crippen LogP contribution >= 0.6 is 0 Å². The second-order valence-electron chi connectivity index (χ2n) is 6.75. The number of benzene rings is 1. The van der Waals surface area contributed by atoms with Crippen molar-refractivity contribution in [3.05, 3.63) is 53.1 Å². The summed E-state index contributed by atoms with van der Waals surface area (Å²) >= 11 is 0. The maximum absolute atomic E-state index is 12.5. The highest BCUT2D eigenvalue weighted by Gasteiger charge is 2.20. The van der Waals surface area contributed by atoms with Crippen LogP contribution in [0.1, 0.15) is 31.7 Å². The van der Waals surface area contributed by atoms with Gasteiger partial charge in [-0.25, -0.2) is 4.98 Å². The third-order valence-electron chi connectivity index (χ3n) is 5.05. The number of fused-ring (bicyclic) bond motifs is 2. The molecule has 3 aromatic heterocycles. The molecule has 26 heavy (non-hydrogen) atoms. The molecule has 0 radical (unpaired) electrons. The minimum Gasteiger partial charge on any atom is -0.324 e. The Morgan fingerprint density at radius 2 is 1.92 bits per heavy atom. The molecule has 2 N–H and O–H groups in total. The Bertz CT molecular complexity index is 1160. The number of hydrogen-bond donors (Lipinski definition) is 2. The number of aromatic nitrogens is 5. The molecule has 0 unspecified atom stereocenters. The largest absolute Gasteiger partial charge is 0.324 e. The number of H-pyrrole nitrogens is 1. The van der Waals surface area contributed by atoms with Gasteiger partial charge in [0.05, 0.1) is 11.7 Å². The van der Waals surface area contributed by atoms with Crippen molar-refractivity contribution in [1.82, 2.24) is 24.7 Å². The lowest BCUT2D eigenvalue weighted by molar-refractivity contribution is 0.516. The zero-order valence-electron chi connectivity index (χ0n) is 14.1. The molecule has 3 heterocycles. The first-order valence-electron chi connectivity index (χ1n) is 8.86. The monoisotopic (exact) mass is 346 g/mol. The van der Waals surface area contributed by atoms with E-state index >= 15 is 0 Å². The van der Waals surface area contributed by atoms with Gasteiger partial charge in [0, 0.05) is 34.8 Å². The van der Waals surface area contributed by atoms with Crippen LogP contribution in [0.15, 0.2) is 47.5 Å². The highest BCUT2D eigenvalue weighted by atomic mass is 16.1. The summed E-state index contributed by atoms with van der Waals surface area (Å²) < 4.78 is 1.84. The lowest BCUT2D eigenvalue weighted by Crippen LogP contribution is -2.23. The Kier molecular flexibility index (Phi) is 3.44. The molecular formula is C19H18N6O. The molecule has 1 fully saturated rings. The van der Waals surface area contributed by atoms with Crippen LogP contribution in [0.5, 0.6) is 0 Å². The number of nitrogens with one attached hydrogen (secondary N) is 2. The molecule has 1 aliphatic rings. The van der Waals surface area contributed by atoms with E-state index in [1.807, 2.05) is 22.8 Å². The molecule has 1 aliphatic carbocycles. The molecule has 130 valence electrons. The summed E-state index contributed by atoms with van der Waals surface area (Å²) in [6.45, 7) is 0. The highest BCUT2D eigenvalue weighted by Crippen LogP contribution is 2.30. The van der Waals surface area contributed by atoms with Crippen molar-refractivity contribution in [1.29, 1.82) is 0 Å². The van der Waals surface area contributed by atoms with Crippen LogP contribution in [-0.2, 0) is 0 Å². The third-order valence-corrected chi connectivity index (χ3v) is 5.05. The van der Waals surface area contributed by atoms with Crippen molar-refractivity contribution in [3.8, 4) is 0 Å². The summed E-state index contributed by atoms with van der Waals surface area (Å²) in [7, 11) is 0. The number of anilines is 2. The van der Waals surface area contributed by atoms with Crippen LogP contribution in [0.2, 0.25) is 0 Å². The van der Waals surface area contributed by atoms with Crippen LogP contribution < -0.4 is 10.9 Å². The molecule has 4 aromatic rings. The van der Waals surface area contributed by atoms with Crippen molar-refractivity contribution in [2.45, 2.75) is 31.7 Å². The summed E-state index contributed by atoms with van der Waals surface area (Å²) in [6, 6.07) is 9.55. The molecule has 5 rings (SSSR count). The van der Waals surface area contributed by atoms with E-state index in [0.717, 1.165) is 47.7 Å². The van der Waals surface area contributed by atoms with Crippen molar-refractivity contribution < 1.29 is 0 Å². The Morgan fingerprint density at radius 3 is 2.81 bits per heavy atom. The molecule has 0 spiro atoms. The molecule has 0 bridgehead atoms. The summed E-state index contributed by atoms with van der Waals surface area (Å²) in [5.74, 6) is 0.480. The van der Waals surface area contributed by atoms with E-state index in [-0.39, 0.29) is 11.6 Å². The molecule has 1 saturated carbocycles. The second-order valence-corrected chi connectivity index (χ2v) is 6.75. The highest BCUT2D eigenvalue weighted by molar-refractivity contribution is 5.82. The average Bonchev–Trinajstić information content (AvgIpc) is 3.32. The SMILES string of the molecule is O=c1ccc2cnc(Nc3ccc4cn[nH]c4c3)nc2n1C1CCCC1. The molecule has 1 aromatic carbocycles. The summed E-state index contributed by atoms with van der Waals surface area (Å²) in [5.41, 5.74) is 2.52. The number of rotatable bonds is 3. The molecule has 0 amide bonds. The van der Waals surface area contributed by atoms with Gasteiger partial charge in [0.1, 0.15) is 5.65 Å². The quantitative estimate of drug-likeness (QED) is 0.592. The fourth-order valence-electron chi connectivity index (χ4n) is 3.76. The van der Waals surface area contributed by atoms with Crippen LogP contribution in [-0.4, -0.2) is 24.7 Å². The van der Waals surface area contributed by atoms with Gasteiger partial charge in [0.15, 0.2) is 0 Å². The number of hydrogen-bond acceptors (Lipinski definition) is 5. The van der Waals surface area contributed by atoms with E-state index in [4.69, 9.17) is 0 Å². The molecule has 0 aliphatic heterocycles. The number of pyridine rings is 1. The van der Waals surface area contributed by atoms with Crippen LogP contribution in [0.3, 0.4) is 0 Å². The van der Waals surface area contributed by atoms with Crippen molar-refractivity contribution in [2.75, 3.05) is 5.32 Å². The van der Waals surface area contributed by atoms with Gasteiger partial charge in [0.2, 0.25) is 5.95 Å². The molecule has 7 nitrogen and oxygen atoms in total. The maximum Gasteiger partial charge on any atom is 0.252 e. The summed E-state index contributed by atoms with van der Waals surface area (Å²) in [6.07, 6.45) is 7.93. The average molecular weight is 346 g/mol. The van der Waals surface area contributed by atoms with Crippen molar-refractivity contribution >= 4 is 33.6 Å². The predicted octanol–water partition coefficient (Wildman–Crippen LogP) is 3.53. The van der Waals surface area contributed by atoms with Gasteiger partial charge in [-0.3, -0.25) is 14.5 Å². The van der Waals surface area contributed by atoms with E-state index in [1.54, 1.807) is 24.5 Å². The topological polar surface area (TPSA) is 88.5 Å². The molecular weight excluding hydrogens is 328 g/mol. The van der Waals surface area contributed by atoms with E-state index in [9.17, 15) is 4.79 Å². The van der Waals surface area contributed by atoms with Gasteiger partial charge < -0.3 is 5.32 Å². The summed E-state index contributed by atoms with van der Waals surface area (Å²) in [4.78, 5) is 21.5. The summed E-state index contributed by atoms with van der Waals surface area (Å²) in [5, 5.41) is 12.1. The van der Waals surface area contributed by atoms with E-state index < -0.39 is 0 Å². The van der Waals surface area contributed by atoms with Crippen molar-refractivity contribution in [3.63, 3.8) is 0 Å². The zero-order chi connectivity index (χ0) is 17.5. The van der Waals surface area contributed by atoms with E-state index in [0.29, 0.717) is 11.6 Å². The third kappa shape index (κ3) is 2.52. The fraction of sp³-hybridized carbons (Fsp3) is 0.263. The van der Waals surface area contributed by atoms with Crippen LogP contribution in [0.25, 0.3) is 21.9 Å². The second kappa shape index (κ2) is 5.94. The smallest absolute Gasteiger partial charge is 0.252 e. The van der Waals surface area contributed by atoms with Gasteiger partial charge in [0.25, 0.3) is 5.56 Å². The first-order chi connectivity index (χ1) is 12.8. The van der Waals surface area contributed by atoms with E-state index in [2.05, 4.69) is 25.5 Å². The number of nitrogens with zero attached hydrogens (tertiary/aromatic N) is 4. The van der Waals surface area contributed by atoms with Gasteiger partial charge >= 0.3 is 0 Å². The van der Waals surface area contributed by atoms with E-state index in [1.165, 1.54) is 0 Å². The lowest BCUT2D eigenvalue weighted by atomic mass is 10.2. The normalized spacial score (nSPS) is 15.1. The Labute approximate surface area is 149 Å². The molecule has 0 saturated heterocycles. The standard InChI is InChI=1S/C19H18N6O/c26-17-8-6-13-10-20-19(23-18(13)25(17)15-3-1-2-4-15)22-14-7-5-12-11-21-24-16(12)9-14/h5-11,15H,1-4H2,(H,21,24)(H,20,22,23). The van der Waals surface area contributed by atoms with Crippen LogP contribution in [0, 0.1) is 0 Å². The van der Waals surface area contributed by atoms with Gasteiger partial charge in [-0.1, -0.05) is 12.8 Å². The zero-order valence-corrected chi connectivity index (χ0v) is 14.1. The molecule has 7 heteroatoms. The fourth-order valence-corrected chi connectivity index (χ4v) is 3.76.